The Morgan fingerprint density at radius 2 is 1.84 bits per heavy atom. The van der Waals surface area contributed by atoms with E-state index in [9.17, 15) is 9.59 Å². The Balaban J connectivity index is 1.67. The predicted octanol–water partition coefficient (Wildman–Crippen LogP) is 3.16. The molecule has 2 aromatic rings. The maximum atomic E-state index is 12.8. The van der Waals surface area contributed by atoms with Crippen molar-refractivity contribution in [2.24, 2.45) is 5.92 Å². The summed E-state index contributed by atoms with van der Waals surface area (Å²) >= 11 is 0. The van der Waals surface area contributed by atoms with Crippen LogP contribution < -0.4 is 0 Å². The highest BCUT2D eigenvalue weighted by atomic mass is 16.5. The van der Waals surface area contributed by atoms with Gasteiger partial charge in [0, 0.05) is 31.0 Å². The molecule has 0 N–H and O–H groups in total. The van der Waals surface area contributed by atoms with Crippen molar-refractivity contribution in [2.75, 3.05) is 19.7 Å². The van der Waals surface area contributed by atoms with E-state index < -0.39 is 0 Å². The quantitative estimate of drug-likeness (QED) is 0.804. The minimum atomic E-state index is -0.151. The van der Waals surface area contributed by atoms with Crippen LogP contribution in [0.15, 0.2) is 48.8 Å². The van der Waals surface area contributed by atoms with Crippen LogP contribution in [-0.2, 0) is 9.53 Å². The van der Waals surface area contributed by atoms with Gasteiger partial charge < -0.3 is 9.64 Å². The third-order valence-corrected chi connectivity index (χ3v) is 4.49. The van der Waals surface area contributed by atoms with Gasteiger partial charge in [-0.2, -0.15) is 0 Å². The Labute approximate surface area is 147 Å². The van der Waals surface area contributed by atoms with Crippen molar-refractivity contribution in [3.8, 4) is 11.1 Å². The van der Waals surface area contributed by atoms with Crippen molar-refractivity contribution in [3.63, 3.8) is 0 Å². The van der Waals surface area contributed by atoms with Crippen molar-refractivity contribution >= 4 is 11.9 Å². The minimum absolute atomic E-state index is 0.0346. The van der Waals surface area contributed by atoms with E-state index in [1.165, 1.54) is 0 Å². The van der Waals surface area contributed by atoms with Gasteiger partial charge >= 0.3 is 5.97 Å². The highest BCUT2D eigenvalue weighted by molar-refractivity contribution is 5.95. The summed E-state index contributed by atoms with van der Waals surface area (Å²) in [6.45, 7) is 3.34. The first kappa shape index (κ1) is 17.1. The fourth-order valence-corrected chi connectivity index (χ4v) is 3.11. The van der Waals surface area contributed by atoms with E-state index in [2.05, 4.69) is 4.98 Å². The van der Waals surface area contributed by atoms with E-state index in [1.807, 2.05) is 43.3 Å². The lowest BCUT2D eigenvalue weighted by Crippen LogP contribution is -2.40. The molecule has 130 valence electrons. The van der Waals surface area contributed by atoms with Crippen molar-refractivity contribution in [3.05, 3.63) is 54.4 Å². The fraction of sp³-hybridized carbons (Fsp3) is 0.350. The Kier molecular flexibility index (Phi) is 5.43. The average Bonchev–Trinajstić information content (AvgIpc) is 2.68. The number of nitrogens with zero attached hydrogens (tertiary/aromatic N) is 2. The number of amides is 1. The van der Waals surface area contributed by atoms with Crippen LogP contribution >= 0.6 is 0 Å². The van der Waals surface area contributed by atoms with Gasteiger partial charge in [-0.15, -0.1) is 0 Å². The summed E-state index contributed by atoms with van der Waals surface area (Å²) in [6.07, 6.45) is 4.66. The molecule has 1 aliphatic rings. The van der Waals surface area contributed by atoms with Crippen molar-refractivity contribution in [1.29, 1.82) is 0 Å². The maximum absolute atomic E-state index is 12.8. The van der Waals surface area contributed by atoms with Crippen LogP contribution in [0.5, 0.6) is 0 Å². The summed E-state index contributed by atoms with van der Waals surface area (Å²) < 4.78 is 5.07. The van der Waals surface area contributed by atoms with Crippen molar-refractivity contribution in [1.82, 2.24) is 9.88 Å². The van der Waals surface area contributed by atoms with E-state index >= 15 is 0 Å². The number of hydrogen-bond acceptors (Lipinski definition) is 4. The molecule has 0 saturated carbocycles. The van der Waals surface area contributed by atoms with Gasteiger partial charge in [0.1, 0.15) is 0 Å². The molecule has 0 bridgehead atoms. The van der Waals surface area contributed by atoms with E-state index in [-0.39, 0.29) is 17.8 Å². The second-order valence-corrected chi connectivity index (χ2v) is 6.15. The van der Waals surface area contributed by atoms with Gasteiger partial charge in [0.05, 0.1) is 18.1 Å². The predicted molar refractivity (Wildman–Crippen MR) is 94.9 cm³/mol. The second-order valence-electron chi connectivity index (χ2n) is 6.15. The topological polar surface area (TPSA) is 59.5 Å². The van der Waals surface area contributed by atoms with Gasteiger partial charge in [0.15, 0.2) is 0 Å². The number of carbonyl (C=O) groups is 2. The number of ether oxygens (including phenoxy) is 1. The maximum Gasteiger partial charge on any atom is 0.309 e. The van der Waals surface area contributed by atoms with Gasteiger partial charge in [-0.1, -0.05) is 30.3 Å². The summed E-state index contributed by atoms with van der Waals surface area (Å²) in [5.41, 5.74) is 2.54. The third-order valence-electron chi connectivity index (χ3n) is 4.49. The van der Waals surface area contributed by atoms with Gasteiger partial charge in [-0.05, 0) is 31.4 Å². The molecule has 1 fully saturated rings. The monoisotopic (exact) mass is 338 g/mol. The number of pyridine rings is 1. The molecule has 1 aliphatic heterocycles. The van der Waals surface area contributed by atoms with Crippen LogP contribution in [0.2, 0.25) is 0 Å². The lowest BCUT2D eigenvalue weighted by atomic mass is 9.96. The van der Waals surface area contributed by atoms with Crippen LogP contribution in [0.4, 0.5) is 0 Å². The highest BCUT2D eigenvalue weighted by Crippen LogP contribution is 2.23. The number of esters is 1. The Hall–Kier alpha value is -2.69. The number of carbonyl (C=O) groups excluding carboxylic acids is 2. The molecule has 1 saturated heterocycles. The number of aromatic nitrogens is 1. The summed E-state index contributed by atoms with van der Waals surface area (Å²) in [4.78, 5) is 30.6. The van der Waals surface area contributed by atoms with Crippen molar-refractivity contribution < 1.29 is 14.3 Å². The van der Waals surface area contributed by atoms with Crippen LogP contribution in [0.3, 0.4) is 0 Å². The molecule has 0 unspecified atom stereocenters. The van der Waals surface area contributed by atoms with Gasteiger partial charge in [0.25, 0.3) is 5.91 Å². The SMILES string of the molecule is CCOC(=O)C1CCN(C(=O)c2cncc(-c3ccccc3)c2)CC1. The molecule has 0 spiro atoms. The van der Waals surface area contributed by atoms with Crippen LogP contribution in [0.1, 0.15) is 30.1 Å². The molecule has 5 nitrogen and oxygen atoms in total. The molecule has 3 rings (SSSR count). The number of hydrogen-bond donors (Lipinski definition) is 0. The molecule has 1 aromatic carbocycles. The molecule has 1 amide bonds. The molecule has 5 heteroatoms. The zero-order valence-electron chi connectivity index (χ0n) is 14.4. The molecule has 2 heterocycles. The standard InChI is InChI=1S/C20H22N2O3/c1-2-25-20(24)16-8-10-22(11-9-16)19(23)18-12-17(13-21-14-18)15-6-4-3-5-7-15/h3-7,12-14,16H,2,8-11H2,1H3. The van der Waals surface area contributed by atoms with E-state index in [0.717, 1.165) is 11.1 Å². The van der Waals surface area contributed by atoms with Crippen LogP contribution in [0.25, 0.3) is 11.1 Å². The first-order chi connectivity index (χ1) is 12.2. The Morgan fingerprint density at radius 3 is 2.52 bits per heavy atom. The second kappa shape index (κ2) is 7.92. The van der Waals surface area contributed by atoms with Crippen molar-refractivity contribution in [2.45, 2.75) is 19.8 Å². The molecular formula is C20H22N2O3. The molecular weight excluding hydrogens is 316 g/mol. The first-order valence-corrected chi connectivity index (χ1v) is 8.65. The van der Waals surface area contributed by atoms with E-state index in [1.54, 1.807) is 17.3 Å². The Bertz CT molecular complexity index is 738. The van der Waals surface area contributed by atoms with E-state index in [0.29, 0.717) is 38.1 Å². The van der Waals surface area contributed by atoms with Crippen LogP contribution in [0, 0.1) is 5.92 Å². The normalized spacial score (nSPS) is 15.0. The Morgan fingerprint density at radius 1 is 1.12 bits per heavy atom. The fourth-order valence-electron chi connectivity index (χ4n) is 3.11. The summed E-state index contributed by atoms with van der Waals surface area (Å²) in [5.74, 6) is -0.285. The average molecular weight is 338 g/mol. The molecule has 0 radical (unpaired) electrons. The highest BCUT2D eigenvalue weighted by Gasteiger charge is 2.28. The number of benzene rings is 1. The minimum Gasteiger partial charge on any atom is -0.466 e. The van der Waals surface area contributed by atoms with E-state index in [4.69, 9.17) is 4.74 Å². The number of rotatable bonds is 4. The zero-order chi connectivity index (χ0) is 17.6. The molecule has 0 aliphatic carbocycles. The lowest BCUT2D eigenvalue weighted by molar-refractivity contribution is -0.149. The molecule has 0 atom stereocenters. The zero-order valence-corrected chi connectivity index (χ0v) is 14.4. The molecule has 1 aromatic heterocycles. The van der Waals surface area contributed by atoms with Gasteiger partial charge in [0.2, 0.25) is 0 Å². The van der Waals surface area contributed by atoms with Gasteiger partial charge in [-0.3, -0.25) is 14.6 Å². The van der Waals surface area contributed by atoms with Crippen LogP contribution in [-0.4, -0.2) is 41.5 Å². The smallest absolute Gasteiger partial charge is 0.309 e. The summed E-state index contributed by atoms with van der Waals surface area (Å²) in [7, 11) is 0. The lowest BCUT2D eigenvalue weighted by Gasteiger charge is -2.30. The number of likely N-dealkylation sites (tertiary alicyclic amines) is 1. The first-order valence-electron chi connectivity index (χ1n) is 8.65. The number of piperidine rings is 1. The summed E-state index contributed by atoms with van der Waals surface area (Å²) in [5, 5.41) is 0. The third kappa shape index (κ3) is 4.05. The largest absolute Gasteiger partial charge is 0.466 e. The molecule has 25 heavy (non-hydrogen) atoms. The van der Waals surface area contributed by atoms with Gasteiger partial charge in [-0.25, -0.2) is 0 Å². The summed E-state index contributed by atoms with van der Waals surface area (Å²) in [6, 6.07) is 11.8.